The van der Waals surface area contributed by atoms with E-state index in [-0.39, 0.29) is 36.6 Å². The van der Waals surface area contributed by atoms with E-state index in [9.17, 15) is 24.0 Å². The van der Waals surface area contributed by atoms with E-state index >= 15 is 0 Å². The van der Waals surface area contributed by atoms with Gasteiger partial charge in [0.2, 0.25) is 6.41 Å². The number of Topliss-reactive ketones (excluding diaryl/α,β-unsaturated/α-hetero) is 1. The lowest BCUT2D eigenvalue weighted by Gasteiger charge is -2.23. The van der Waals surface area contributed by atoms with Crippen LogP contribution in [0.1, 0.15) is 78.9 Å². The van der Waals surface area contributed by atoms with Crippen LogP contribution in [0, 0.1) is 13.8 Å². The van der Waals surface area contributed by atoms with E-state index in [0.717, 1.165) is 32.3 Å². The summed E-state index contributed by atoms with van der Waals surface area (Å²) < 4.78 is 0. The van der Waals surface area contributed by atoms with E-state index in [1.807, 2.05) is 76.0 Å². The molecule has 0 N–H and O–H groups in total. The van der Waals surface area contributed by atoms with Crippen molar-refractivity contribution in [3.05, 3.63) is 131 Å². The molecule has 3 aromatic carbocycles. The molecule has 1 aliphatic rings. The van der Waals surface area contributed by atoms with Gasteiger partial charge < -0.3 is 4.90 Å². The number of hydrogen-bond acceptors (Lipinski definition) is 6. The van der Waals surface area contributed by atoms with Crippen LogP contribution >= 0.6 is 0 Å². The van der Waals surface area contributed by atoms with E-state index in [2.05, 4.69) is 19.7 Å². The van der Waals surface area contributed by atoms with Crippen LogP contribution in [0.25, 0.3) is 5.70 Å². The van der Waals surface area contributed by atoms with E-state index in [1.165, 1.54) is 36.8 Å². The van der Waals surface area contributed by atoms with Gasteiger partial charge in [-0.3, -0.25) is 33.8 Å². The Kier molecular flexibility index (Phi) is 13.1. The smallest absolute Gasteiger partial charge is 0.261 e. The Morgan fingerprint density at radius 3 is 2.00 bits per heavy atom. The summed E-state index contributed by atoms with van der Waals surface area (Å²) in [5.74, 6) is -1.17. The minimum absolute atomic E-state index is 0.129. The van der Waals surface area contributed by atoms with Gasteiger partial charge in [0, 0.05) is 42.6 Å². The number of imide groups is 2. The second kappa shape index (κ2) is 16.5. The Labute approximate surface area is 266 Å². The highest BCUT2D eigenvalue weighted by atomic mass is 16.2. The highest BCUT2D eigenvalue weighted by Crippen LogP contribution is 2.26. The molecule has 45 heavy (non-hydrogen) atoms. The highest BCUT2D eigenvalue weighted by molar-refractivity contribution is 6.22. The van der Waals surface area contributed by atoms with Crippen LogP contribution in [-0.4, -0.2) is 59.9 Å². The van der Waals surface area contributed by atoms with Crippen LogP contribution in [0.15, 0.2) is 92.6 Å². The van der Waals surface area contributed by atoms with E-state index < -0.39 is 0 Å². The molecule has 3 aromatic rings. The molecule has 0 radical (unpaired) electrons. The summed E-state index contributed by atoms with van der Waals surface area (Å²) >= 11 is 0. The van der Waals surface area contributed by atoms with Crippen LogP contribution in [0.3, 0.4) is 0 Å². The standard InChI is InChI=1S/C22H24N2O2.C13H11NO3.C2H6/c1-6-13-24(15-25)22(26)21-14-19(10-9-17(21)3)18(4)23(5)20-11-7-16(2)8-12-20;1-3-6-14-12(16)10-5-4-9(8(2)15)7-11(10)13(14)17;1-2/h6-12,14-15H,1,4,13H2,2-3,5H3;3-5,7H,1,6H2,2H3;1-2H3. The fourth-order valence-corrected chi connectivity index (χ4v) is 4.42. The Balaban J connectivity index is 0.000000320. The third-order valence-electron chi connectivity index (χ3n) is 7.03. The average molecular weight is 608 g/mol. The predicted molar refractivity (Wildman–Crippen MR) is 180 cm³/mol. The molecule has 1 aliphatic heterocycles. The summed E-state index contributed by atoms with van der Waals surface area (Å²) in [6.07, 6.45) is 3.55. The summed E-state index contributed by atoms with van der Waals surface area (Å²) in [4.78, 5) is 63.0. The number of aryl methyl sites for hydroxylation is 2. The van der Waals surface area contributed by atoms with Crippen LogP contribution in [0.5, 0.6) is 0 Å². The Bertz CT molecular complexity index is 1620. The van der Waals surface area contributed by atoms with Crippen molar-refractivity contribution in [2.75, 3.05) is 25.0 Å². The maximum atomic E-state index is 12.6. The average Bonchev–Trinajstić information content (AvgIpc) is 3.28. The van der Waals surface area contributed by atoms with Crippen molar-refractivity contribution in [1.29, 1.82) is 0 Å². The highest BCUT2D eigenvalue weighted by Gasteiger charge is 2.34. The molecule has 1 heterocycles. The number of carbonyl (C=O) groups is 5. The number of fused-ring (bicyclic) bond motifs is 1. The van der Waals surface area contributed by atoms with E-state index in [0.29, 0.717) is 28.7 Å². The largest absolute Gasteiger partial charge is 0.345 e. The number of amides is 4. The van der Waals surface area contributed by atoms with Crippen molar-refractivity contribution < 1.29 is 24.0 Å². The Morgan fingerprint density at radius 2 is 1.44 bits per heavy atom. The molecule has 4 amide bonds. The SMILES string of the molecule is C=CCN(C=O)C(=O)c1cc(C(=C)N(C)c2ccc(C)cc2)ccc1C.C=CCN1C(=O)c2ccc(C(C)=O)cc2C1=O.CC. The van der Waals surface area contributed by atoms with Gasteiger partial charge in [0.1, 0.15) is 0 Å². The molecule has 0 bridgehead atoms. The monoisotopic (exact) mass is 607 g/mol. The zero-order valence-corrected chi connectivity index (χ0v) is 26.9. The molecule has 0 saturated carbocycles. The van der Waals surface area contributed by atoms with Gasteiger partial charge >= 0.3 is 0 Å². The van der Waals surface area contributed by atoms with Gasteiger partial charge in [-0.15, -0.1) is 13.2 Å². The zero-order valence-electron chi connectivity index (χ0n) is 26.9. The number of carbonyl (C=O) groups excluding carboxylic acids is 5. The van der Waals surface area contributed by atoms with Gasteiger partial charge in [0.15, 0.2) is 5.78 Å². The number of nitrogens with zero attached hydrogens (tertiary/aromatic N) is 3. The first kappa shape index (κ1) is 35.8. The van der Waals surface area contributed by atoms with Gasteiger partial charge in [-0.2, -0.15) is 0 Å². The molecular formula is C37H41N3O5. The molecule has 0 saturated heterocycles. The molecule has 234 valence electrons. The van der Waals surface area contributed by atoms with Gasteiger partial charge in [0.25, 0.3) is 17.7 Å². The first-order chi connectivity index (χ1) is 21.4. The van der Waals surface area contributed by atoms with Gasteiger partial charge in [-0.25, -0.2) is 0 Å². The van der Waals surface area contributed by atoms with Gasteiger partial charge in [-0.1, -0.05) is 68.5 Å². The van der Waals surface area contributed by atoms with Crippen LogP contribution in [0.2, 0.25) is 0 Å². The first-order valence-electron chi connectivity index (χ1n) is 14.5. The maximum absolute atomic E-state index is 12.6. The number of ketones is 1. The molecule has 8 heteroatoms. The third-order valence-corrected chi connectivity index (χ3v) is 7.03. The summed E-state index contributed by atoms with van der Waals surface area (Å²) in [5, 5.41) is 0. The van der Waals surface area contributed by atoms with Gasteiger partial charge in [-0.05, 0) is 62.2 Å². The van der Waals surface area contributed by atoms with Crippen molar-refractivity contribution in [1.82, 2.24) is 9.80 Å². The molecule has 0 atom stereocenters. The van der Waals surface area contributed by atoms with Crippen LogP contribution in [0.4, 0.5) is 5.69 Å². The summed E-state index contributed by atoms with van der Waals surface area (Å²) in [7, 11) is 1.93. The summed E-state index contributed by atoms with van der Waals surface area (Å²) in [6.45, 7) is 20.9. The molecule has 0 spiro atoms. The summed E-state index contributed by atoms with van der Waals surface area (Å²) in [6, 6.07) is 18.3. The number of hydrogen-bond donors (Lipinski definition) is 0. The van der Waals surface area contributed by atoms with Gasteiger partial charge in [0.05, 0.1) is 11.1 Å². The molecule has 0 fully saturated rings. The van der Waals surface area contributed by atoms with Crippen molar-refractivity contribution in [2.24, 2.45) is 0 Å². The Hall–Kier alpha value is -5.37. The van der Waals surface area contributed by atoms with Crippen LogP contribution in [-0.2, 0) is 4.79 Å². The fourth-order valence-electron chi connectivity index (χ4n) is 4.42. The van der Waals surface area contributed by atoms with E-state index in [4.69, 9.17) is 0 Å². The normalized spacial score (nSPS) is 11.2. The molecular weight excluding hydrogens is 566 g/mol. The first-order valence-corrected chi connectivity index (χ1v) is 14.5. The second-order valence-electron chi connectivity index (χ2n) is 10.0. The molecule has 0 aliphatic carbocycles. The fraction of sp³-hybridized carbons (Fsp3) is 0.216. The zero-order chi connectivity index (χ0) is 33.8. The van der Waals surface area contributed by atoms with Crippen molar-refractivity contribution in [2.45, 2.75) is 34.6 Å². The van der Waals surface area contributed by atoms with Crippen molar-refractivity contribution in [3.8, 4) is 0 Å². The van der Waals surface area contributed by atoms with Crippen molar-refractivity contribution >= 4 is 41.3 Å². The number of rotatable bonds is 10. The minimum atomic E-state index is -0.368. The quantitative estimate of drug-likeness (QED) is 0.108. The summed E-state index contributed by atoms with van der Waals surface area (Å²) in [5.41, 5.74) is 6.16. The topological polar surface area (TPSA) is 95.1 Å². The number of benzene rings is 3. The van der Waals surface area contributed by atoms with E-state index in [1.54, 1.807) is 12.1 Å². The van der Waals surface area contributed by atoms with Crippen molar-refractivity contribution in [3.63, 3.8) is 0 Å². The molecule has 4 rings (SSSR count). The molecule has 8 nitrogen and oxygen atoms in total. The molecule has 0 aromatic heterocycles. The Morgan fingerprint density at radius 1 is 0.844 bits per heavy atom. The lowest BCUT2D eigenvalue weighted by Crippen LogP contribution is -2.30. The third kappa shape index (κ3) is 8.38. The maximum Gasteiger partial charge on any atom is 0.261 e. The number of anilines is 1. The predicted octanol–water partition coefficient (Wildman–Crippen LogP) is 6.89. The lowest BCUT2D eigenvalue weighted by molar-refractivity contribution is -0.115. The second-order valence-corrected chi connectivity index (χ2v) is 10.0. The lowest BCUT2D eigenvalue weighted by atomic mass is 10.0. The van der Waals surface area contributed by atoms with Crippen LogP contribution < -0.4 is 4.90 Å². The minimum Gasteiger partial charge on any atom is -0.345 e. The molecule has 0 unspecified atom stereocenters.